The molecular weight excluding hydrogens is 346 g/mol. The SMILES string of the molecule is OCCCCCCOc1cc(C=Cc2ccncc2)ccc1-c1ccccc1. The van der Waals surface area contributed by atoms with Crippen molar-refractivity contribution in [2.24, 2.45) is 0 Å². The van der Waals surface area contributed by atoms with E-state index in [4.69, 9.17) is 9.84 Å². The highest BCUT2D eigenvalue weighted by atomic mass is 16.5. The summed E-state index contributed by atoms with van der Waals surface area (Å²) in [5.74, 6) is 0.908. The third-order valence-corrected chi connectivity index (χ3v) is 4.57. The molecule has 0 aliphatic rings. The molecule has 0 saturated carbocycles. The Morgan fingerprint density at radius 1 is 0.786 bits per heavy atom. The number of hydrogen-bond acceptors (Lipinski definition) is 3. The van der Waals surface area contributed by atoms with Gasteiger partial charge in [-0.25, -0.2) is 0 Å². The van der Waals surface area contributed by atoms with Gasteiger partial charge in [-0.05, 0) is 54.2 Å². The molecule has 144 valence electrons. The zero-order valence-corrected chi connectivity index (χ0v) is 16.1. The van der Waals surface area contributed by atoms with E-state index in [1.807, 2.05) is 30.3 Å². The average molecular weight is 373 g/mol. The number of unbranched alkanes of at least 4 members (excludes halogenated alkanes) is 3. The standard InChI is InChI=1S/C25H27NO2/c27-18-6-1-2-7-19-28-25-20-22(11-10-21-14-16-26-17-15-21)12-13-24(25)23-8-4-3-5-9-23/h3-5,8-17,20,27H,1-2,6-7,18-19H2. The van der Waals surface area contributed by atoms with E-state index >= 15 is 0 Å². The Labute approximate surface area is 167 Å². The van der Waals surface area contributed by atoms with E-state index in [1.54, 1.807) is 12.4 Å². The molecule has 0 saturated heterocycles. The molecule has 0 aliphatic heterocycles. The van der Waals surface area contributed by atoms with Crippen LogP contribution >= 0.6 is 0 Å². The number of aliphatic hydroxyl groups is 1. The fourth-order valence-electron chi connectivity index (χ4n) is 3.03. The summed E-state index contributed by atoms with van der Waals surface area (Å²) in [7, 11) is 0. The highest BCUT2D eigenvalue weighted by Gasteiger charge is 2.07. The van der Waals surface area contributed by atoms with Gasteiger partial charge in [-0.3, -0.25) is 4.98 Å². The molecule has 3 rings (SSSR count). The number of benzene rings is 2. The Bertz CT molecular complexity index is 860. The molecule has 0 radical (unpaired) electrons. The van der Waals surface area contributed by atoms with Gasteiger partial charge in [0.05, 0.1) is 6.61 Å². The number of nitrogens with zero attached hydrogens (tertiary/aromatic N) is 1. The molecule has 3 nitrogen and oxygen atoms in total. The number of rotatable bonds is 10. The fraction of sp³-hybridized carbons (Fsp3) is 0.240. The molecule has 0 fully saturated rings. The Balaban J connectivity index is 1.75. The summed E-state index contributed by atoms with van der Waals surface area (Å²) in [6.07, 6.45) is 11.7. The highest BCUT2D eigenvalue weighted by Crippen LogP contribution is 2.31. The van der Waals surface area contributed by atoms with Crippen LogP contribution in [0.15, 0.2) is 73.1 Å². The van der Waals surface area contributed by atoms with Gasteiger partial charge in [-0.15, -0.1) is 0 Å². The molecule has 2 aromatic carbocycles. The fourth-order valence-corrected chi connectivity index (χ4v) is 3.03. The van der Waals surface area contributed by atoms with Crippen molar-refractivity contribution in [2.45, 2.75) is 25.7 Å². The highest BCUT2D eigenvalue weighted by molar-refractivity contribution is 5.76. The second-order valence-electron chi connectivity index (χ2n) is 6.72. The summed E-state index contributed by atoms with van der Waals surface area (Å²) in [4.78, 5) is 4.05. The Morgan fingerprint density at radius 2 is 1.54 bits per heavy atom. The van der Waals surface area contributed by atoms with Crippen LogP contribution in [0.25, 0.3) is 23.3 Å². The largest absolute Gasteiger partial charge is 0.493 e. The molecule has 0 aliphatic carbocycles. The van der Waals surface area contributed by atoms with Crippen LogP contribution in [0.1, 0.15) is 36.8 Å². The lowest BCUT2D eigenvalue weighted by Gasteiger charge is -2.13. The van der Waals surface area contributed by atoms with E-state index in [9.17, 15) is 0 Å². The second kappa shape index (κ2) is 11.1. The minimum atomic E-state index is 0.269. The van der Waals surface area contributed by atoms with Crippen LogP contribution in [0.5, 0.6) is 5.75 Å². The molecule has 3 heteroatoms. The van der Waals surface area contributed by atoms with E-state index in [2.05, 4.69) is 47.5 Å². The molecule has 28 heavy (non-hydrogen) atoms. The molecule has 1 aromatic heterocycles. The summed E-state index contributed by atoms with van der Waals surface area (Å²) >= 11 is 0. The third-order valence-electron chi connectivity index (χ3n) is 4.57. The lowest BCUT2D eigenvalue weighted by atomic mass is 10.0. The van der Waals surface area contributed by atoms with Gasteiger partial charge < -0.3 is 9.84 Å². The first-order valence-corrected chi connectivity index (χ1v) is 9.88. The molecule has 1 heterocycles. The monoisotopic (exact) mass is 373 g/mol. The van der Waals surface area contributed by atoms with Crippen molar-refractivity contribution >= 4 is 12.2 Å². The van der Waals surface area contributed by atoms with Crippen LogP contribution in [0.4, 0.5) is 0 Å². The summed E-state index contributed by atoms with van der Waals surface area (Å²) in [5.41, 5.74) is 4.49. The topological polar surface area (TPSA) is 42.4 Å². The number of aromatic nitrogens is 1. The Morgan fingerprint density at radius 3 is 2.32 bits per heavy atom. The maximum absolute atomic E-state index is 8.89. The summed E-state index contributed by atoms with van der Waals surface area (Å²) in [6.45, 7) is 0.952. The number of pyridine rings is 1. The first kappa shape index (κ1) is 19.8. The number of hydrogen-bond donors (Lipinski definition) is 1. The van der Waals surface area contributed by atoms with Crippen LogP contribution in [-0.2, 0) is 0 Å². The third kappa shape index (κ3) is 6.07. The van der Waals surface area contributed by atoms with Crippen LogP contribution in [0, 0.1) is 0 Å². The maximum Gasteiger partial charge on any atom is 0.127 e. The van der Waals surface area contributed by atoms with Crippen molar-refractivity contribution in [2.75, 3.05) is 13.2 Å². The van der Waals surface area contributed by atoms with Crippen molar-refractivity contribution in [3.05, 3.63) is 84.2 Å². The van der Waals surface area contributed by atoms with Crippen LogP contribution < -0.4 is 4.74 Å². The Hall–Kier alpha value is -2.91. The van der Waals surface area contributed by atoms with Crippen molar-refractivity contribution in [3.8, 4) is 16.9 Å². The molecule has 0 unspecified atom stereocenters. The molecule has 0 bridgehead atoms. The minimum Gasteiger partial charge on any atom is -0.493 e. The van der Waals surface area contributed by atoms with Crippen molar-refractivity contribution < 1.29 is 9.84 Å². The second-order valence-corrected chi connectivity index (χ2v) is 6.72. The van der Waals surface area contributed by atoms with E-state index in [-0.39, 0.29) is 6.61 Å². The van der Waals surface area contributed by atoms with E-state index in [0.717, 1.165) is 53.7 Å². The van der Waals surface area contributed by atoms with Gasteiger partial charge in [0.1, 0.15) is 5.75 Å². The van der Waals surface area contributed by atoms with E-state index in [0.29, 0.717) is 6.61 Å². The van der Waals surface area contributed by atoms with Gasteiger partial charge >= 0.3 is 0 Å². The predicted molar refractivity (Wildman–Crippen MR) is 116 cm³/mol. The summed E-state index contributed by atoms with van der Waals surface area (Å²) in [6, 6.07) is 20.7. The van der Waals surface area contributed by atoms with Crippen LogP contribution in [0.2, 0.25) is 0 Å². The smallest absolute Gasteiger partial charge is 0.127 e. The summed E-state index contributed by atoms with van der Waals surface area (Å²) < 4.78 is 6.16. The first-order valence-electron chi connectivity index (χ1n) is 9.88. The van der Waals surface area contributed by atoms with Gasteiger partial charge in [0.15, 0.2) is 0 Å². The molecule has 0 spiro atoms. The van der Waals surface area contributed by atoms with Gasteiger partial charge in [0, 0.05) is 24.6 Å². The van der Waals surface area contributed by atoms with E-state index < -0.39 is 0 Å². The van der Waals surface area contributed by atoms with Gasteiger partial charge in [0.25, 0.3) is 0 Å². The normalized spacial score (nSPS) is 11.0. The molecular formula is C25H27NO2. The minimum absolute atomic E-state index is 0.269. The van der Waals surface area contributed by atoms with E-state index in [1.165, 1.54) is 0 Å². The lowest BCUT2D eigenvalue weighted by molar-refractivity contribution is 0.273. The van der Waals surface area contributed by atoms with Crippen molar-refractivity contribution in [1.82, 2.24) is 4.98 Å². The zero-order chi connectivity index (χ0) is 19.4. The van der Waals surface area contributed by atoms with Crippen LogP contribution in [-0.4, -0.2) is 23.3 Å². The molecule has 1 N–H and O–H groups in total. The zero-order valence-electron chi connectivity index (χ0n) is 16.1. The lowest BCUT2D eigenvalue weighted by Crippen LogP contribution is -1.99. The molecule has 3 aromatic rings. The van der Waals surface area contributed by atoms with Crippen molar-refractivity contribution in [3.63, 3.8) is 0 Å². The number of aliphatic hydroxyl groups excluding tert-OH is 1. The maximum atomic E-state index is 8.89. The van der Waals surface area contributed by atoms with Gasteiger partial charge in [-0.1, -0.05) is 61.0 Å². The molecule has 0 amide bonds. The Kier molecular flexibility index (Phi) is 7.83. The van der Waals surface area contributed by atoms with Gasteiger partial charge in [0.2, 0.25) is 0 Å². The number of ether oxygens (including phenoxy) is 1. The first-order chi connectivity index (χ1) is 13.9. The average Bonchev–Trinajstić information content (AvgIpc) is 2.76. The van der Waals surface area contributed by atoms with Crippen molar-refractivity contribution in [1.29, 1.82) is 0 Å². The predicted octanol–water partition coefficient (Wildman–Crippen LogP) is 5.85. The van der Waals surface area contributed by atoms with Crippen LogP contribution in [0.3, 0.4) is 0 Å². The quantitative estimate of drug-likeness (QED) is 0.453. The molecule has 0 atom stereocenters. The summed E-state index contributed by atoms with van der Waals surface area (Å²) in [5, 5.41) is 8.89. The van der Waals surface area contributed by atoms with Gasteiger partial charge in [-0.2, -0.15) is 0 Å².